The van der Waals surface area contributed by atoms with Crippen molar-refractivity contribution < 1.29 is 18.7 Å². The average molecular weight is 301 g/mol. The minimum absolute atomic E-state index is 0.0565. The minimum Gasteiger partial charge on any atom is -0.376 e. The Kier molecular flexibility index (Phi) is 4.92. The summed E-state index contributed by atoms with van der Waals surface area (Å²) in [5, 5.41) is 4.85. The number of carbonyl (C=O) groups excluding carboxylic acids is 2. The fourth-order valence-electron chi connectivity index (χ4n) is 1.86. The fraction of sp³-hybridized carbons (Fsp3) is 0.385. The number of amides is 2. The second kappa shape index (κ2) is 6.67. The molecule has 2 amide bonds. The highest BCUT2D eigenvalue weighted by Gasteiger charge is 2.20. The summed E-state index contributed by atoms with van der Waals surface area (Å²) in [6, 6.07) is 3.77. The van der Waals surface area contributed by atoms with Crippen molar-refractivity contribution in [2.24, 2.45) is 0 Å². The van der Waals surface area contributed by atoms with Crippen molar-refractivity contribution in [3.05, 3.63) is 29.0 Å². The molecule has 1 aromatic rings. The third kappa shape index (κ3) is 3.91. The molecule has 0 aromatic heterocycles. The summed E-state index contributed by atoms with van der Waals surface area (Å²) in [7, 11) is 0. The SMILES string of the molecule is O=C(NC[C@H]1CCCO1)C(=O)Nc1ccc(Cl)cc1F. The van der Waals surface area contributed by atoms with Crippen LogP contribution in [0.5, 0.6) is 0 Å². The van der Waals surface area contributed by atoms with E-state index in [-0.39, 0.29) is 23.4 Å². The van der Waals surface area contributed by atoms with Crippen LogP contribution in [0, 0.1) is 5.82 Å². The van der Waals surface area contributed by atoms with Crippen LogP contribution in [-0.4, -0.2) is 31.1 Å². The van der Waals surface area contributed by atoms with Crippen molar-refractivity contribution in [1.82, 2.24) is 5.32 Å². The number of halogens is 2. The molecular weight excluding hydrogens is 287 g/mol. The molecule has 5 nitrogen and oxygen atoms in total. The Hall–Kier alpha value is -1.66. The predicted octanol–water partition coefficient (Wildman–Crippen LogP) is 1.71. The number of anilines is 1. The van der Waals surface area contributed by atoms with Gasteiger partial charge >= 0.3 is 11.8 Å². The lowest BCUT2D eigenvalue weighted by Gasteiger charge is -2.11. The van der Waals surface area contributed by atoms with Crippen molar-refractivity contribution >= 4 is 29.1 Å². The summed E-state index contributed by atoms with van der Waals surface area (Å²) in [6.45, 7) is 0.943. The molecule has 0 spiro atoms. The Morgan fingerprint density at radius 1 is 1.40 bits per heavy atom. The van der Waals surface area contributed by atoms with E-state index in [1.54, 1.807) is 0 Å². The monoisotopic (exact) mass is 300 g/mol. The molecule has 0 saturated carbocycles. The molecule has 1 atom stereocenters. The van der Waals surface area contributed by atoms with E-state index >= 15 is 0 Å². The van der Waals surface area contributed by atoms with Crippen molar-refractivity contribution in [3.8, 4) is 0 Å². The number of hydrogen-bond acceptors (Lipinski definition) is 3. The van der Waals surface area contributed by atoms with Gasteiger partial charge in [0.15, 0.2) is 0 Å². The van der Waals surface area contributed by atoms with E-state index < -0.39 is 17.6 Å². The van der Waals surface area contributed by atoms with Gasteiger partial charge in [0.2, 0.25) is 0 Å². The topological polar surface area (TPSA) is 67.4 Å². The van der Waals surface area contributed by atoms with Gasteiger partial charge < -0.3 is 15.4 Å². The van der Waals surface area contributed by atoms with Gasteiger partial charge in [-0.25, -0.2) is 4.39 Å². The molecule has 0 bridgehead atoms. The molecule has 1 aromatic carbocycles. The maximum Gasteiger partial charge on any atom is 0.313 e. The largest absolute Gasteiger partial charge is 0.376 e. The molecule has 1 fully saturated rings. The van der Waals surface area contributed by atoms with Crippen LogP contribution in [-0.2, 0) is 14.3 Å². The van der Waals surface area contributed by atoms with Gasteiger partial charge in [0, 0.05) is 18.2 Å². The molecule has 108 valence electrons. The first kappa shape index (κ1) is 14.7. The van der Waals surface area contributed by atoms with E-state index in [9.17, 15) is 14.0 Å². The van der Waals surface area contributed by atoms with Crippen LogP contribution in [0.2, 0.25) is 5.02 Å². The first-order valence-corrected chi connectivity index (χ1v) is 6.60. The minimum atomic E-state index is -0.927. The normalized spacial score (nSPS) is 17.8. The molecule has 0 unspecified atom stereocenters. The predicted molar refractivity (Wildman–Crippen MR) is 72.0 cm³/mol. The van der Waals surface area contributed by atoms with Crippen LogP contribution in [0.25, 0.3) is 0 Å². The Labute approximate surface area is 120 Å². The van der Waals surface area contributed by atoms with Gasteiger partial charge in [0.05, 0.1) is 11.8 Å². The van der Waals surface area contributed by atoms with E-state index in [2.05, 4.69) is 10.6 Å². The van der Waals surface area contributed by atoms with Gasteiger partial charge in [-0.2, -0.15) is 0 Å². The molecule has 1 aliphatic heterocycles. The zero-order valence-electron chi connectivity index (χ0n) is 10.6. The molecule has 1 aliphatic rings. The second-order valence-electron chi connectivity index (χ2n) is 4.42. The van der Waals surface area contributed by atoms with E-state index in [0.29, 0.717) is 6.61 Å². The lowest BCUT2D eigenvalue weighted by Crippen LogP contribution is -2.39. The van der Waals surface area contributed by atoms with Crippen LogP contribution in [0.4, 0.5) is 10.1 Å². The summed E-state index contributed by atoms with van der Waals surface area (Å²) in [5.41, 5.74) is -0.0910. The lowest BCUT2D eigenvalue weighted by molar-refractivity contribution is -0.136. The van der Waals surface area contributed by atoms with Crippen molar-refractivity contribution in [2.45, 2.75) is 18.9 Å². The molecule has 7 heteroatoms. The summed E-state index contributed by atoms with van der Waals surface area (Å²) in [5.74, 6) is -2.45. The third-order valence-electron chi connectivity index (χ3n) is 2.90. The van der Waals surface area contributed by atoms with Crippen LogP contribution in [0.1, 0.15) is 12.8 Å². The molecule has 20 heavy (non-hydrogen) atoms. The zero-order valence-corrected chi connectivity index (χ0v) is 11.4. The molecule has 2 rings (SSSR count). The third-order valence-corrected chi connectivity index (χ3v) is 3.13. The number of hydrogen-bond donors (Lipinski definition) is 2. The number of ether oxygens (including phenoxy) is 1. The first-order chi connectivity index (χ1) is 9.56. The van der Waals surface area contributed by atoms with Gasteiger partial charge in [0.25, 0.3) is 0 Å². The quantitative estimate of drug-likeness (QED) is 0.835. The van der Waals surface area contributed by atoms with Crippen LogP contribution in [0.3, 0.4) is 0 Å². The highest BCUT2D eigenvalue weighted by atomic mass is 35.5. The summed E-state index contributed by atoms with van der Waals surface area (Å²) >= 11 is 5.59. The number of carbonyl (C=O) groups is 2. The van der Waals surface area contributed by atoms with Crippen molar-refractivity contribution in [2.75, 3.05) is 18.5 Å². The van der Waals surface area contributed by atoms with Gasteiger partial charge in [-0.15, -0.1) is 0 Å². The number of nitrogens with one attached hydrogen (secondary N) is 2. The Morgan fingerprint density at radius 2 is 2.20 bits per heavy atom. The van der Waals surface area contributed by atoms with Gasteiger partial charge in [0.1, 0.15) is 5.82 Å². The fourth-order valence-corrected chi connectivity index (χ4v) is 2.02. The molecule has 1 saturated heterocycles. The summed E-state index contributed by atoms with van der Waals surface area (Å²) < 4.78 is 18.8. The molecule has 1 heterocycles. The smallest absolute Gasteiger partial charge is 0.313 e. The standard InChI is InChI=1S/C13H14ClFN2O3/c14-8-3-4-11(10(15)6-8)17-13(19)12(18)16-7-9-2-1-5-20-9/h3-4,6,9H,1-2,5,7H2,(H,16,18)(H,17,19)/t9-/m1/s1. The second-order valence-corrected chi connectivity index (χ2v) is 4.86. The number of rotatable bonds is 3. The van der Waals surface area contributed by atoms with E-state index in [0.717, 1.165) is 18.9 Å². The lowest BCUT2D eigenvalue weighted by atomic mass is 10.2. The molecule has 0 radical (unpaired) electrons. The van der Waals surface area contributed by atoms with Crippen LogP contribution < -0.4 is 10.6 Å². The summed E-state index contributed by atoms with van der Waals surface area (Å²) in [4.78, 5) is 23.1. The van der Waals surface area contributed by atoms with Gasteiger partial charge in [-0.05, 0) is 31.0 Å². The highest BCUT2D eigenvalue weighted by molar-refractivity contribution is 6.39. The Balaban J connectivity index is 1.85. The van der Waals surface area contributed by atoms with E-state index in [1.807, 2.05) is 0 Å². The maximum absolute atomic E-state index is 13.5. The van der Waals surface area contributed by atoms with E-state index in [1.165, 1.54) is 12.1 Å². The first-order valence-electron chi connectivity index (χ1n) is 6.22. The molecule has 0 aliphatic carbocycles. The average Bonchev–Trinajstić information content (AvgIpc) is 2.92. The van der Waals surface area contributed by atoms with E-state index in [4.69, 9.17) is 16.3 Å². The molecular formula is C13H14ClFN2O3. The van der Waals surface area contributed by atoms with Crippen molar-refractivity contribution in [3.63, 3.8) is 0 Å². The maximum atomic E-state index is 13.5. The Bertz CT molecular complexity index is 518. The van der Waals surface area contributed by atoms with Crippen LogP contribution in [0.15, 0.2) is 18.2 Å². The van der Waals surface area contributed by atoms with Crippen molar-refractivity contribution in [1.29, 1.82) is 0 Å². The van der Waals surface area contributed by atoms with Gasteiger partial charge in [-0.1, -0.05) is 11.6 Å². The van der Waals surface area contributed by atoms with Crippen LogP contribution >= 0.6 is 11.6 Å². The molecule has 2 N–H and O–H groups in total. The number of benzene rings is 1. The Morgan fingerprint density at radius 3 is 2.85 bits per heavy atom. The highest BCUT2D eigenvalue weighted by Crippen LogP contribution is 2.18. The van der Waals surface area contributed by atoms with Gasteiger partial charge in [-0.3, -0.25) is 9.59 Å². The summed E-state index contributed by atoms with van der Waals surface area (Å²) in [6.07, 6.45) is 1.75. The zero-order chi connectivity index (χ0) is 14.5.